The second kappa shape index (κ2) is 6.11. The molecule has 3 heteroatoms. The highest BCUT2D eigenvalue weighted by molar-refractivity contribution is 5.76. The Labute approximate surface area is 93.8 Å². The molecule has 0 aliphatic heterocycles. The predicted molar refractivity (Wildman–Crippen MR) is 64.5 cm³/mol. The van der Waals surface area contributed by atoms with E-state index in [1.54, 1.807) is 0 Å². The van der Waals surface area contributed by atoms with Crippen LogP contribution in [0.25, 0.3) is 0 Å². The number of carbonyl (C=O) groups excluding carboxylic acids is 1. The molecule has 1 unspecified atom stereocenters. The maximum absolute atomic E-state index is 11.5. The van der Waals surface area contributed by atoms with Crippen LogP contribution in [0.1, 0.15) is 47.5 Å². The standard InChI is InChI=1S/C12H26N2O/c1-6-10(13)7-11(15)14-8-12(4,5)9(2)3/h9-10H,6-8,13H2,1-5H3,(H,14,15). The summed E-state index contributed by atoms with van der Waals surface area (Å²) < 4.78 is 0. The van der Waals surface area contributed by atoms with Gasteiger partial charge in [-0.1, -0.05) is 34.6 Å². The van der Waals surface area contributed by atoms with Crippen LogP contribution in [0, 0.1) is 11.3 Å². The van der Waals surface area contributed by atoms with Crippen LogP contribution in [0.5, 0.6) is 0 Å². The number of nitrogens with one attached hydrogen (secondary N) is 1. The molecule has 0 aliphatic rings. The Hall–Kier alpha value is -0.570. The topological polar surface area (TPSA) is 55.1 Å². The first-order valence-electron chi connectivity index (χ1n) is 5.82. The van der Waals surface area contributed by atoms with Crippen molar-refractivity contribution in [1.29, 1.82) is 0 Å². The van der Waals surface area contributed by atoms with Crippen molar-refractivity contribution in [2.45, 2.75) is 53.5 Å². The number of hydrogen-bond donors (Lipinski definition) is 2. The van der Waals surface area contributed by atoms with Crippen molar-refractivity contribution in [3.63, 3.8) is 0 Å². The molecule has 0 saturated carbocycles. The van der Waals surface area contributed by atoms with E-state index in [-0.39, 0.29) is 17.4 Å². The smallest absolute Gasteiger partial charge is 0.221 e. The van der Waals surface area contributed by atoms with Gasteiger partial charge >= 0.3 is 0 Å². The van der Waals surface area contributed by atoms with Crippen LogP contribution in [-0.2, 0) is 4.79 Å². The number of hydrogen-bond acceptors (Lipinski definition) is 2. The lowest BCUT2D eigenvalue weighted by Crippen LogP contribution is -2.39. The van der Waals surface area contributed by atoms with Crippen LogP contribution >= 0.6 is 0 Å². The molecule has 0 aromatic rings. The molecule has 0 radical (unpaired) electrons. The highest BCUT2D eigenvalue weighted by Gasteiger charge is 2.22. The Bertz CT molecular complexity index is 200. The van der Waals surface area contributed by atoms with Gasteiger partial charge in [0.1, 0.15) is 0 Å². The van der Waals surface area contributed by atoms with E-state index in [4.69, 9.17) is 5.73 Å². The zero-order valence-electron chi connectivity index (χ0n) is 10.8. The molecule has 0 fully saturated rings. The summed E-state index contributed by atoms with van der Waals surface area (Å²) in [6.45, 7) is 11.4. The lowest BCUT2D eigenvalue weighted by atomic mass is 9.81. The largest absolute Gasteiger partial charge is 0.356 e. The van der Waals surface area contributed by atoms with E-state index in [0.717, 1.165) is 13.0 Å². The minimum Gasteiger partial charge on any atom is -0.356 e. The van der Waals surface area contributed by atoms with E-state index in [0.29, 0.717) is 12.3 Å². The first-order chi connectivity index (χ1) is 6.79. The highest BCUT2D eigenvalue weighted by Crippen LogP contribution is 2.24. The summed E-state index contributed by atoms with van der Waals surface area (Å²) >= 11 is 0. The molecule has 1 atom stereocenters. The highest BCUT2D eigenvalue weighted by atomic mass is 16.1. The fourth-order valence-electron chi connectivity index (χ4n) is 0.985. The molecule has 90 valence electrons. The van der Waals surface area contributed by atoms with Crippen LogP contribution in [0.15, 0.2) is 0 Å². The summed E-state index contributed by atoms with van der Waals surface area (Å²) in [5, 5.41) is 2.95. The second-order valence-corrected chi connectivity index (χ2v) is 5.29. The van der Waals surface area contributed by atoms with E-state index < -0.39 is 0 Å². The van der Waals surface area contributed by atoms with Crippen LogP contribution in [-0.4, -0.2) is 18.5 Å². The van der Waals surface area contributed by atoms with Gasteiger partial charge in [-0.3, -0.25) is 4.79 Å². The normalized spacial score (nSPS) is 14.1. The van der Waals surface area contributed by atoms with Crippen LogP contribution in [0.4, 0.5) is 0 Å². The van der Waals surface area contributed by atoms with E-state index >= 15 is 0 Å². The van der Waals surface area contributed by atoms with Gasteiger partial charge in [-0.2, -0.15) is 0 Å². The average molecular weight is 214 g/mol. The lowest BCUT2D eigenvalue weighted by Gasteiger charge is -2.29. The maximum atomic E-state index is 11.5. The molecular weight excluding hydrogens is 188 g/mol. The molecule has 3 nitrogen and oxygen atoms in total. The summed E-state index contributed by atoms with van der Waals surface area (Å²) in [4.78, 5) is 11.5. The second-order valence-electron chi connectivity index (χ2n) is 5.29. The SMILES string of the molecule is CCC(N)CC(=O)NCC(C)(C)C(C)C. The molecular formula is C12H26N2O. The van der Waals surface area contributed by atoms with Gasteiger partial charge in [-0.25, -0.2) is 0 Å². The number of nitrogens with two attached hydrogens (primary N) is 1. The number of rotatable bonds is 6. The Morgan fingerprint density at radius 1 is 1.40 bits per heavy atom. The van der Waals surface area contributed by atoms with E-state index in [1.807, 2.05) is 6.92 Å². The van der Waals surface area contributed by atoms with E-state index in [2.05, 4.69) is 33.0 Å². The fourth-order valence-corrected chi connectivity index (χ4v) is 0.985. The monoisotopic (exact) mass is 214 g/mol. The van der Waals surface area contributed by atoms with Gasteiger partial charge in [-0.05, 0) is 17.8 Å². The number of amides is 1. The molecule has 3 N–H and O–H groups in total. The van der Waals surface area contributed by atoms with Gasteiger partial charge in [0.25, 0.3) is 0 Å². The average Bonchev–Trinajstić information content (AvgIpc) is 2.14. The Balaban J connectivity index is 3.90. The summed E-state index contributed by atoms with van der Waals surface area (Å²) in [7, 11) is 0. The molecule has 0 aromatic heterocycles. The third kappa shape index (κ3) is 5.78. The molecule has 0 spiro atoms. The van der Waals surface area contributed by atoms with Gasteiger partial charge in [-0.15, -0.1) is 0 Å². The van der Waals surface area contributed by atoms with Crippen molar-refractivity contribution in [2.75, 3.05) is 6.54 Å². The van der Waals surface area contributed by atoms with Crippen molar-refractivity contribution in [3.8, 4) is 0 Å². The quantitative estimate of drug-likeness (QED) is 0.709. The molecule has 0 bridgehead atoms. The van der Waals surface area contributed by atoms with Gasteiger partial charge in [0, 0.05) is 19.0 Å². The van der Waals surface area contributed by atoms with Crippen molar-refractivity contribution < 1.29 is 4.79 Å². The number of carbonyl (C=O) groups is 1. The molecule has 0 rings (SSSR count). The van der Waals surface area contributed by atoms with Crippen molar-refractivity contribution >= 4 is 5.91 Å². The van der Waals surface area contributed by atoms with Gasteiger partial charge in [0.2, 0.25) is 5.91 Å². The predicted octanol–water partition coefficient (Wildman–Crippen LogP) is 1.91. The minimum atomic E-state index is -0.00726. The lowest BCUT2D eigenvalue weighted by molar-refractivity contribution is -0.122. The van der Waals surface area contributed by atoms with Crippen LogP contribution in [0.2, 0.25) is 0 Å². The van der Waals surface area contributed by atoms with E-state index in [1.165, 1.54) is 0 Å². The molecule has 1 amide bonds. The first-order valence-corrected chi connectivity index (χ1v) is 5.82. The fraction of sp³-hybridized carbons (Fsp3) is 0.917. The maximum Gasteiger partial charge on any atom is 0.221 e. The van der Waals surface area contributed by atoms with Crippen molar-refractivity contribution in [1.82, 2.24) is 5.32 Å². The summed E-state index contributed by atoms with van der Waals surface area (Å²) in [6.07, 6.45) is 1.28. The third-order valence-corrected chi connectivity index (χ3v) is 3.28. The summed E-state index contributed by atoms with van der Waals surface area (Å²) in [5.41, 5.74) is 5.86. The molecule has 0 heterocycles. The summed E-state index contributed by atoms with van der Waals surface area (Å²) in [6, 6.07) is -0.00726. The zero-order chi connectivity index (χ0) is 12.1. The van der Waals surface area contributed by atoms with Gasteiger partial charge < -0.3 is 11.1 Å². The molecule has 15 heavy (non-hydrogen) atoms. The van der Waals surface area contributed by atoms with Crippen molar-refractivity contribution in [2.24, 2.45) is 17.1 Å². The van der Waals surface area contributed by atoms with Crippen LogP contribution < -0.4 is 11.1 Å². The Morgan fingerprint density at radius 3 is 2.33 bits per heavy atom. The Kier molecular flexibility index (Phi) is 5.88. The third-order valence-electron chi connectivity index (χ3n) is 3.28. The zero-order valence-corrected chi connectivity index (χ0v) is 10.8. The minimum absolute atomic E-state index is 0.00726. The first kappa shape index (κ1) is 14.4. The van der Waals surface area contributed by atoms with Crippen LogP contribution in [0.3, 0.4) is 0 Å². The molecule has 0 aromatic carbocycles. The molecule has 0 saturated heterocycles. The van der Waals surface area contributed by atoms with Crippen molar-refractivity contribution in [3.05, 3.63) is 0 Å². The van der Waals surface area contributed by atoms with E-state index in [9.17, 15) is 4.79 Å². The van der Waals surface area contributed by atoms with Gasteiger partial charge in [0.05, 0.1) is 0 Å². The van der Waals surface area contributed by atoms with Gasteiger partial charge in [0.15, 0.2) is 0 Å². The summed E-state index contributed by atoms with van der Waals surface area (Å²) in [5.74, 6) is 0.621. The molecule has 0 aliphatic carbocycles. The Morgan fingerprint density at radius 2 is 1.93 bits per heavy atom.